The molecule has 0 aromatic heterocycles. The lowest BCUT2D eigenvalue weighted by molar-refractivity contribution is -0.153. The van der Waals surface area contributed by atoms with Crippen LogP contribution in [0.2, 0.25) is 5.02 Å². The Labute approximate surface area is 203 Å². The van der Waals surface area contributed by atoms with Crippen molar-refractivity contribution in [3.63, 3.8) is 0 Å². The summed E-state index contributed by atoms with van der Waals surface area (Å²) in [4.78, 5) is 52.1. The number of carbonyl (C=O) groups excluding carboxylic acids is 4. The molecule has 34 heavy (non-hydrogen) atoms. The van der Waals surface area contributed by atoms with E-state index in [0.717, 1.165) is 17.7 Å². The van der Waals surface area contributed by atoms with Gasteiger partial charge >= 0.3 is 12.0 Å². The summed E-state index contributed by atoms with van der Waals surface area (Å²) in [5, 5.41) is 2.96. The summed E-state index contributed by atoms with van der Waals surface area (Å²) in [5.41, 5.74) is -0.709. The fraction of sp³-hybridized carbons (Fsp3) is 0.583. The summed E-state index contributed by atoms with van der Waals surface area (Å²) < 4.78 is 18.9. The highest BCUT2D eigenvalue weighted by atomic mass is 35.5. The van der Waals surface area contributed by atoms with Crippen LogP contribution in [-0.2, 0) is 25.7 Å². The molecule has 1 aliphatic carbocycles. The van der Waals surface area contributed by atoms with Crippen LogP contribution in [0.25, 0.3) is 0 Å². The van der Waals surface area contributed by atoms with Gasteiger partial charge in [-0.1, -0.05) is 38.4 Å². The number of benzene rings is 1. The minimum absolute atomic E-state index is 0.104. The van der Waals surface area contributed by atoms with Crippen molar-refractivity contribution in [2.75, 3.05) is 20.2 Å². The van der Waals surface area contributed by atoms with Gasteiger partial charge in [0.15, 0.2) is 6.61 Å². The minimum Gasteiger partial charge on any atom is -0.454 e. The summed E-state index contributed by atoms with van der Waals surface area (Å²) in [7, 11) is 1.42. The third kappa shape index (κ3) is 5.51. The maximum atomic E-state index is 13.9. The van der Waals surface area contributed by atoms with E-state index in [1.165, 1.54) is 30.1 Å². The summed E-state index contributed by atoms with van der Waals surface area (Å²) in [6, 6.07) is 3.58. The second-order valence-corrected chi connectivity index (χ2v) is 10.6. The Morgan fingerprint density at radius 1 is 1.26 bits per heavy atom. The molecule has 2 aliphatic rings. The van der Waals surface area contributed by atoms with Crippen LogP contribution in [0.15, 0.2) is 18.2 Å². The number of esters is 1. The maximum Gasteiger partial charge on any atom is 0.326 e. The number of nitrogens with one attached hydrogen (secondary N) is 1. The van der Waals surface area contributed by atoms with Gasteiger partial charge in [-0.3, -0.25) is 19.3 Å². The predicted octanol–water partition coefficient (Wildman–Crippen LogP) is 3.51. The fourth-order valence-corrected chi connectivity index (χ4v) is 4.79. The Bertz CT molecular complexity index is 965. The summed E-state index contributed by atoms with van der Waals surface area (Å²) in [6.07, 6.45) is 2.65. The van der Waals surface area contributed by atoms with Gasteiger partial charge in [-0.15, -0.1) is 0 Å². The van der Waals surface area contributed by atoms with Crippen molar-refractivity contribution in [1.82, 2.24) is 15.1 Å². The van der Waals surface area contributed by atoms with Gasteiger partial charge in [0.2, 0.25) is 0 Å². The number of carbonyl (C=O) groups is 4. The molecule has 2 fully saturated rings. The van der Waals surface area contributed by atoms with Crippen molar-refractivity contribution in [1.29, 1.82) is 0 Å². The first-order chi connectivity index (χ1) is 15.8. The molecule has 1 aromatic carbocycles. The summed E-state index contributed by atoms with van der Waals surface area (Å²) in [6.45, 7) is 5.20. The molecule has 186 valence electrons. The topological polar surface area (TPSA) is 96.0 Å². The van der Waals surface area contributed by atoms with E-state index < -0.39 is 48.3 Å². The van der Waals surface area contributed by atoms with Crippen LogP contribution in [0.5, 0.6) is 0 Å². The van der Waals surface area contributed by atoms with E-state index in [0.29, 0.717) is 18.8 Å². The number of ether oxygens (including phenoxy) is 1. The number of rotatable bonds is 6. The van der Waals surface area contributed by atoms with Crippen LogP contribution >= 0.6 is 11.6 Å². The number of hydrogen-bond acceptors (Lipinski definition) is 5. The lowest BCUT2D eigenvalue weighted by atomic mass is 9.67. The van der Waals surface area contributed by atoms with Gasteiger partial charge in [-0.2, -0.15) is 0 Å². The monoisotopic (exact) mass is 495 g/mol. The van der Waals surface area contributed by atoms with Crippen molar-refractivity contribution in [3.8, 4) is 0 Å². The van der Waals surface area contributed by atoms with Crippen LogP contribution in [0.1, 0.15) is 52.0 Å². The molecule has 4 amide bonds. The Balaban J connectivity index is 1.51. The Hall–Kier alpha value is -2.68. The standard InChI is InChI=1S/C24H31ClFN3O5/c1-23(2,3)15-8-10-24(11-9-15)21(32)29(22(33)27-24)13-20(31)34-14-19(30)28(4)12-16-17(25)6-5-7-18(16)26/h5-7,15H,8-14H2,1-4H3,(H,27,33). The normalized spacial score (nSPS) is 22.6. The molecule has 1 N–H and O–H groups in total. The van der Waals surface area contributed by atoms with E-state index in [2.05, 4.69) is 26.1 Å². The molecule has 1 aromatic rings. The molecule has 1 aliphatic heterocycles. The molecule has 10 heteroatoms. The lowest BCUT2D eigenvalue weighted by Crippen LogP contribution is -2.50. The SMILES string of the molecule is CN(Cc1c(F)cccc1Cl)C(=O)COC(=O)CN1C(=O)NC2(CCC(C(C)(C)C)CC2)C1=O. The first kappa shape index (κ1) is 25.9. The van der Waals surface area contributed by atoms with E-state index in [9.17, 15) is 23.6 Å². The number of nitrogens with zero attached hydrogens (tertiary/aromatic N) is 2. The molecule has 0 unspecified atom stereocenters. The van der Waals surface area contributed by atoms with Gasteiger partial charge in [-0.05, 0) is 49.1 Å². The minimum atomic E-state index is -0.978. The van der Waals surface area contributed by atoms with Crippen molar-refractivity contribution in [2.45, 2.75) is 58.5 Å². The number of amides is 4. The van der Waals surface area contributed by atoms with Gasteiger partial charge in [0.25, 0.3) is 11.8 Å². The van der Waals surface area contributed by atoms with Crippen LogP contribution in [0.4, 0.5) is 9.18 Å². The molecule has 1 saturated heterocycles. The Morgan fingerprint density at radius 3 is 2.50 bits per heavy atom. The van der Waals surface area contributed by atoms with Gasteiger partial charge < -0.3 is 15.0 Å². The van der Waals surface area contributed by atoms with Gasteiger partial charge in [0.05, 0.1) is 0 Å². The van der Waals surface area contributed by atoms with Gasteiger partial charge in [0.1, 0.15) is 17.9 Å². The molecule has 0 radical (unpaired) electrons. The first-order valence-electron chi connectivity index (χ1n) is 11.3. The van der Waals surface area contributed by atoms with Crippen molar-refractivity contribution in [3.05, 3.63) is 34.6 Å². The Morgan fingerprint density at radius 2 is 1.91 bits per heavy atom. The van der Waals surface area contributed by atoms with Gasteiger partial charge in [0, 0.05) is 24.2 Å². The second-order valence-electron chi connectivity index (χ2n) is 10.2. The van der Waals surface area contributed by atoms with E-state index in [1.807, 2.05) is 0 Å². The fourth-order valence-electron chi connectivity index (χ4n) is 4.57. The quantitative estimate of drug-likeness (QED) is 0.481. The molecule has 1 spiro atoms. The first-order valence-corrected chi connectivity index (χ1v) is 11.7. The number of halogens is 2. The third-order valence-corrected chi connectivity index (χ3v) is 7.19. The molecular formula is C24H31ClFN3O5. The van der Waals surface area contributed by atoms with Crippen LogP contribution in [0.3, 0.4) is 0 Å². The Kier molecular flexibility index (Phi) is 7.55. The van der Waals surface area contributed by atoms with Crippen LogP contribution < -0.4 is 5.32 Å². The van der Waals surface area contributed by atoms with E-state index in [4.69, 9.17) is 16.3 Å². The summed E-state index contributed by atoms with van der Waals surface area (Å²) in [5.74, 6) is -1.99. The smallest absolute Gasteiger partial charge is 0.326 e. The molecule has 1 saturated carbocycles. The zero-order valence-corrected chi connectivity index (χ0v) is 20.7. The average molecular weight is 496 g/mol. The second kappa shape index (κ2) is 9.90. The molecule has 0 bridgehead atoms. The van der Waals surface area contributed by atoms with E-state index in [-0.39, 0.29) is 22.5 Å². The molecular weight excluding hydrogens is 465 g/mol. The largest absolute Gasteiger partial charge is 0.454 e. The van der Waals surface area contributed by atoms with Crippen LogP contribution in [0, 0.1) is 17.2 Å². The zero-order valence-electron chi connectivity index (χ0n) is 20.0. The van der Waals surface area contributed by atoms with Crippen molar-refractivity contribution in [2.24, 2.45) is 11.3 Å². The maximum absolute atomic E-state index is 13.9. The number of urea groups is 1. The highest BCUT2D eigenvalue weighted by Crippen LogP contribution is 2.43. The van der Waals surface area contributed by atoms with Crippen LogP contribution in [-0.4, -0.2) is 59.4 Å². The van der Waals surface area contributed by atoms with E-state index >= 15 is 0 Å². The number of likely N-dealkylation sites (N-methyl/N-ethyl adjacent to an activating group) is 1. The van der Waals surface area contributed by atoms with E-state index in [1.54, 1.807) is 0 Å². The summed E-state index contributed by atoms with van der Waals surface area (Å²) >= 11 is 5.98. The molecule has 0 atom stereocenters. The zero-order chi connectivity index (χ0) is 25.3. The van der Waals surface area contributed by atoms with Crippen molar-refractivity contribution < 1.29 is 28.3 Å². The molecule has 8 nitrogen and oxygen atoms in total. The third-order valence-electron chi connectivity index (χ3n) is 6.84. The van der Waals surface area contributed by atoms with Crippen molar-refractivity contribution >= 4 is 35.4 Å². The molecule has 3 rings (SSSR count). The predicted molar refractivity (Wildman–Crippen MR) is 123 cm³/mol. The molecule has 1 heterocycles. The average Bonchev–Trinajstić information content (AvgIpc) is 2.98. The highest BCUT2D eigenvalue weighted by molar-refractivity contribution is 6.31. The number of imide groups is 1. The number of hydrogen-bond donors (Lipinski definition) is 1. The van der Waals surface area contributed by atoms with Gasteiger partial charge in [-0.25, -0.2) is 9.18 Å². The highest BCUT2D eigenvalue weighted by Gasteiger charge is 2.53. The lowest BCUT2D eigenvalue weighted by Gasteiger charge is -2.40.